The molecular weight excluding hydrogens is 346 g/mol. The highest BCUT2D eigenvalue weighted by atomic mass is 16.5. The van der Waals surface area contributed by atoms with Crippen molar-refractivity contribution in [3.05, 3.63) is 35.9 Å². The van der Waals surface area contributed by atoms with Crippen LogP contribution >= 0.6 is 0 Å². The van der Waals surface area contributed by atoms with Gasteiger partial charge in [-0.2, -0.15) is 0 Å². The topological polar surface area (TPSA) is 81.7 Å². The number of carbonyl (C=O) groups excluding carboxylic acids is 3. The van der Waals surface area contributed by atoms with Crippen LogP contribution in [0.25, 0.3) is 0 Å². The Hall–Kier alpha value is -2.37. The van der Waals surface area contributed by atoms with Gasteiger partial charge in [0.2, 0.25) is 0 Å². The molecule has 0 bridgehead atoms. The Kier molecular flexibility index (Phi) is 7.39. The summed E-state index contributed by atoms with van der Waals surface area (Å²) in [6.07, 6.45) is 3.80. The molecule has 1 aliphatic carbocycles. The molecule has 148 valence electrons. The van der Waals surface area contributed by atoms with Gasteiger partial charge >= 0.3 is 11.9 Å². The summed E-state index contributed by atoms with van der Waals surface area (Å²) in [4.78, 5) is 36.9. The lowest BCUT2D eigenvalue weighted by atomic mass is 9.79. The van der Waals surface area contributed by atoms with Crippen LogP contribution in [0.1, 0.15) is 51.5 Å². The Morgan fingerprint density at radius 1 is 1.11 bits per heavy atom. The summed E-state index contributed by atoms with van der Waals surface area (Å²) in [5.74, 6) is -1.17. The fourth-order valence-electron chi connectivity index (χ4n) is 3.68. The maximum Gasteiger partial charge on any atom is 0.328 e. The van der Waals surface area contributed by atoms with Crippen molar-refractivity contribution in [1.82, 2.24) is 5.32 Å². The molecule has 1 aromatic carbocycles. The maximum absolute atomic E-state index is 12.8. The minimum absolute atomic E-state index is 0.205. The second-order valence-corrected chi connectivity index (χ2v) is 7.50. The first-order valence-electron chi connectivity index (χ1n) is 9.49. The van der Waals surface area contributed by atoms with Gasteiger partial charge in [-0.15, -0.1) is 0 Å². The van der Waals surface area contributed by atoms with Gasteiger partial charge < -0.3 is 14.8 Å². The molecule has 1 fully saturated rings. The van der Waals surface area contributed by atoms with E-state index in [9.17, 15) is 14.4 Å². The number of benzene rings is 1. The fourth-order valence-corrected chi connectivity index (χ4v) is 3.68. The quantitative estimate of drug-likeness (QED) is 0.707. The summed E-state index contributed by atoms with van der Waals surface area (Å²) >= 11 is 0. The van der Waals surface area contributed by atoms with Crippen molar-refractivity contribution in [3.8, 4) is 0 Å². The first-order valence-corrected chi connectivity index (χ1v) is 9.49. The Morgan fingerprint density at radius 2 is 1.74 bits per heavy atom. The second-order valence-electron chi connectivity index (χ2n) is 7.50. The van der Waals surface area contributed by atoms with Crippen LogP contribution < -0.4 is 5.32 Å². The molecule has 1 aromatic rings. The standard InChI is InChI=1S/C21H29NO5/c1-15(2)13-17(19(24)26-3)22-18(23)14-27-20(25)21(11-7-8-12-21)16-9-5-4-6-10-16/h4-6,9-10,15,17H,7-8,11-14H2,1-3H3,(H,22,23)/t17-/m0/s1. The van der Waals surface area contributed by atoms with Crippen molar-refractivity contribution >= 4 is 17.8 Å². The van der Waals surface area contributed by atoms with E-state index < -0.39 is 29.9 Å². The van der Waals surface area contributed by atoms with Gasteiger partial charge in [-0.1, -0.05) is 57.0 Å². The van der Waals surface area contributed by atoms with Gasteiger partial charge in [-0.05, 0) is 30.7 Å². The van der Waals surface area contributed by atoms with Crippen LogP contribution in [-0.2, 0) is 29.3 Å². The van der Waals surface area contributed by atoms with Gasteiger partial charge in [0.05, 0.1) is 12.5 Å². The number of hydrogen-bond donors (Lipinski definition) is 1. The zero-order valence-corrected chi connectivity index (χ0v) is 16.3. The zero-order valence-electron chi connectivity index (χ0n) is 16.3. The summed E-state index contributed by atoms with van der Waals surface area (Å²) < 4.78 is 10.1. The van der Waals surface area contributed by atoms with E-state index in [4.69, 9.17) is 9.47 Å². The molecule has 1 N–H and O–H groups in total. The largest absolute Gasteiger partial charge is 0.467 e. The van der Waals surface area contributed by atoms with E-state index in [0.29, 0.717) is 6.42 Å². The molecule has 1 aliphatic rings. The van der Waals surface area contributed by atoms with Gasteiger partial charge in [0, 0.05) is 0 Å². The van der Waals surface area contributed by atoms with Gasteiger partial charge in [-0.25, -0.2) is 4.79 Å². The molecule has 0 unspecified atom stereocenters. The minimum atomic E-state index is -0.740. The highest BCUT2D eigenvalue weighted by molar-refractivity contribution is 5.88. The van der Waals surface area contributed by atoms with Crippen LogP contribution in [0.5, 0.6) is 0 Å². The van der Waals surface area contributed by atoms with Crippen LogP contribution in [0.4, 0.5) is 0 Å². The molecule has 1 amide bonds. The second kappa shape index (κ2) is 9.53. The SMILES string of the molecule is COC(=O)[C@H](CC(C)C)NC(=O)COC(=O)C1(c2ccccc2)CCCC1. The van der Waals surface area contributed by atoms with Crippen LogP contribution in [0.3, 0.4) is 0 Å². The summed E-state index contributed by atoms with van der Waals surface area (Å²) in [6.45, 7) is 3.50. The average Bonchev–Trinajstić information content (AvgIpc) is 3.16. The lowest BCUT2D eigenvalue weighted by Gasteiger charge is -2.27. The van der Waals surface area contributed by atoms with Crippen LogP contribution in [0.2, 0.25) is 0 Å². The zero-order chi connectivity index (χ0) is 19.9. The molecule has 1 saturated carbocycles. The number of nitrogens with one attached hydrogen (secondary N) is 1. The summed E-state index contributed by atoms with van der Waals surface area (Å²) in [5.41, 5.74) is 0.251. The van der Waals surface area contributed by atoms with Crippen molar-refractivity contribution < 1.29 is 23.9 Å². The third-order valence-corrected chi connectivity index (χ3v) is 5.04. The van der Waals surface area contributed by atoms with Crippen molar-refractivity contribution in [2.75, 3.05) is 13.7 Å². The van der Waals surface area contributed by atoms with E-state index in [1.165, 1.54) is 7.11 Å². The third-order valence-electron chi connectivity index (χ3n) is 5.04. The molecule has 2 rings (SSSR count). The first-order chi connectivity index (χ1) is 12.9. The van der Waals surface area contributed by atoms with Gasteiger partial charge in [0.15, 0.2) is 6.61 Å². The molecule has 0 saturated heterocycles. The third kappa shape index (κ3) is 5.31. The molecule has 6 heteroatoms. The first kappa shape index (κ1) is 20.9. The van der Waals surface area contributed by atoms with Gasteiger partial charge in [0.25, 0.3) is 5.91 Å². The Labute approximate surface area is 160 Å². The Balaban J connectivity index is 1.98. The van der Waals surface area contributed by atoms with E-state index in [1.807, 2.05) is 44.2 Å². The summed E-state index contributed by atoms with van der Waals surface area (Å²) in [5, 5.41) is 2.61. The normalized spacial score (nSPS) is 16.6. The van der Waals surface area contributed by atoms with E-state index in [0.717, 1.165) is 31.2 Å². The van der Waals surface area contributed by atoms with Crippen LogP contribution in [0, 0.1) is 5.92 Å². The molecule has 27 heavy (non-hydrogen) atoms. The molecule has 6 nitrogen and oxygen atoms in total. The number of amides is 1. The van der Waals surface area contributed by atoms with Gasteiger partial charge in [0.1, 0.15) is 6.04 Å². The van der Waals surface area contributed by atoms with E-state index >= 15 is 0 Å². The monoisotopic (exact) mass is 375 g/mol. The molecule has 1 atom stereocenters. The Bertz CT molecular complexity index is 650. The van der Waals surface area contributed by atoms with Crippen LogP contribution in [-0.4, -0.2) is 37.6 Å². The van der Waals surface area contributed by atoms with Crippen LogP contribution in [0.15, 0.2) is 30.3 Å². The number of hydrogen-bond acceptors (Lipinski definition) is 5. The summed E-state index contributed by atoms with van der Waals surface area (Å²) in [6, 6.07) is 8.85. The van der Waals surface area contributed by atoms with E-state index in [1.54, 1.807) is 0 Å². The lowest BCUT2D eigenvalue weighted by Crippen LogP contribution is -2.45. The van der Waals surface area contributed by atoms with Gasteiger partial charge in [-0.3, -0.25) is 9.59 Å². The number of esters is 2. The van der Waals surface area contributed by atoms with E-state index in [2.05, 4.69) is 5.32 Å². The highest BCUT2D eigenvalue weighted by Gasteiger charge is 2.44. The highest BCUT2D eigenvalue weighted by Crippen LogP contribution is 2.42. The number of ether oxygens (including phenoxy) is 2. The average molecular weight is 375 g/mol. The lowest BCUT2D eigenvalue weighted by molar-refractivity contribution is -0.155. The predicted octanol–water partition coefficient (Wildman–Crippen LogP) is 2.75. The maximum atomic E-state index is 12.8. The molecule has 0 spiro atoms. The fraction of sp³-hybridized carbons (Fsp3) is 0.571. The number of rotatable bonds is 8. The molecule has 0 radical (unpaired) electrons. The van der Waals surface area contributed by atoms with Crippen molar-refractivity contribution in [1.29, 1.82) is 0 Å². The molecular formula is C21H29NO5. The molecule has 0 aromatic heterocycles. The van der Waals surface area contributed by atoms with Crippen molar-refractivity contribution in [3.63, 3.8) is 0 Å². The van der Waals surface area contributed by atoms with Crippen molar-refractivity contribution in [2.45, 2.75) is 57.4 Å². The smallest absolute Gasteiger partial charge is 0.328 e. The molecule has 0 aliphatic heterocycles. The van der Waals surface area contributed by atoms with Crippen molar-refractivity contribution in [2.24, 2.45) is 5.92 Å². The Morgan fingerprint density at radius 3 is 2.30 bits per heavy atom. The predicted molar refractivity (Wildman–Crippen MR) is 101 cm³/mol. The molecule has 0 heterocycles. The number of methoxy groups -OCH3 is 1. The minimum Gasteiger partial charge on any atom is -0.467 e. The number of carbonyl (C=O) groups is 3. The van der Waals surface area contributed by atoms with E-state index in [-0.39, 0.29) is 11.9 Å². The summed E-state index contributed by atoms with van der Waals surface area (Å²) in [7, 11) is 1.28.